The average molecular weight is 248 g/mol. The number of furan rings is 1. The third-order valence-corrected chi connectivity index (χ3v) is 3.35. The molecule has 1 heteroatoms. The predicted octanol–water partition coefficient (Wildman–Crippen LogP) is 5.26. The van der Waals surface area contributed by atoms with Crippen molar-refractivity contribution >= 4 is 21.7 Å². The molecule has 0 saturated heterocycles. The van der Waals surface area contributed by atoms with Gasteiger partial charge in [0, 0.05) is 10.9 Å². The Labute approximate surface area is 112 Å². The van der Waals surface area contributed by atoms with Crippen molar-refractivity contribution in [2.45, 2.75) is 12.8 Å². The summed E-state index contributed by atoms with van der Waals surface area (Å²) in [6, 6.07) is 12.6. The van der Waals surface area contributed by atoms with E-state index in [0.717, 1.165) is 18.4 Å². The average Bonchev–Trinajstić information content (AvgIpc) is 2.87. The molecule has 3 rings (SSSR count). The third kappa shape index (κ3) is 2.19. The molecule has 0 bridgehead atoms. The molecule has 0 aliphatic carbocycles. The lowest BCUT2D eigenvalue weighted by Gasteiger charge is -2.00. The zero-order chi connectivity index (χ0) is 13.1. The maximum Gasteiger partial charge on any atom is 0.134 e. The van der Waals surface area contributed by atoms with Crippen LogP contribution in [0.2, 0.25) is 0 Å². The van der Waals surface area contributed by atoms with Gasteiger partial charge in [-0.25, -0.2) is 0 Å². The Kier molecular flexibility index (Phi) is 3.20. The van der Waals surface area contributed by atoms with Crippen LogP contribution >= 0.6 is 0 Å². The molecule has 19 heavy (non-hydrogen) atoms. The van der Waals surface area contributed by atoms with Gasteiger partial charge in [-0.05, 0) is 29.7 Å². The van der Waals surface area contributed by atoms with Gasteiger partial charge in [0.15, 0.2) is 0 Å². The molecule has 1 heterocycles. The van der Waals surface area contributed by atoms with Gasteiger partial charge in [-0.2, -0.15) is 0 Å². The third-order valence-electron chi connectivity index (χ3n) is 3.35. The molecule has 1 aromatic heterocycles. The van der Waals surface area contributed by atoms with Crippen LogP contribution in [0.4, 0.5) is 0 Å². The van der Waals surface area contributed by atoms with Gasteiger partial charge < -0.3 is 4.42 Å². The van der Waals surface area contributed by atoms with Gasteiger partial charge in [-0.3, -0.25) is 0 Å². The topological polar surface area (TPSA) is 13.1 Å². The Morgan fingerprint density at radius 1 is 1.05 bits per heavy atom. The molecule has 0 unspecified atom stereocenters. The first kappa shape index (κ1) is 11.8. The summed E-state index contributed by atoms with van der Waals surface area (Å²) < 4.78 is 5.66. The largest absolute Gasteiger partial charge is 0.464 e. The van der Waals surface area contributed by atoms with Crippen molar-refractivity contribution in [2.24, 2.45) is 0 Å². The highest BCUT2D eigenvalue weighted by molar-refractivity contribution is 6.07. The van der Waals surface area contributed by atoms with Gasteiger partial charge in [0.25, 0.3) is 0 Å². The predicted molar refractivity (Wildman–Crippen MR) is 81.4 cm³/mol. The van der Waals surface area contributed by atoms with Gasteiger partial charge in [0.2, 0.25) is 0 Å². The monoisotopic (exact) mass is 248 g/mol. The van der Waals surface area contributed by atoms with Crippen LogP contribution in [0.1, 0.15) is 12.0 Å². The highest BCUT2D eigenvalue weighted by Gasteiger charge is 2.08. The first-order chi connectivity index (χ1) is 9.40. The first-order valence-corrected chi connectivity index (χ1v) is 6.54. The van der Waals surface area contributed by atoms with Crippen LogP contribution in [0.25, 0.3) is 21.7 Å². The molecular weight excluding hydrogens is 232 g/mol. The molecule has 0 atom stereocenters. The van der Waals surface area contributed by atoms with Crippen LogP contribution in [0.3, 0.4) is 0 Å². The maximum absolute atomic E-state index is 5.66. The molecule has 0 N–H and O–H groups in total. The summed E-state index contributed by atoms with van der Waals surface area (Å²) in [5.41, 5.74) is 2.21. The molecule has 0 aliphatic heterocycles. The molecule has 1 nitrogen and oxygen atoms in total. The molecule has 2 aromatic carbocycles. The minimum absolute atomic E-state index is 0.898. The van der Waals surface area contributed by atoms with Crippen molar-refractivity contribution in [3.63, 3.8) is 0 Å². The van der Waals surface area contributed by atoms with Gasteiger partial charge in [0.1, 0.15) is 5.58 Å². The van der Waals surface area contributed by atoms with Crippen LogP contribution in [0, 0.1) is 0 Å². The lowest BCUT2D eigenvalue weighted by Crippen LogP contribution is -1.80. The zero-order valence-electron chi connectivity index (χ0n) is 10.8. The smallest absolute Gasteiger partial charge is 0.134 e. The quantitative estimate of drug-likeness (QED) is 0.574. The second-order valence-electron chi connectivity index (χ2n) is 4.62. The van der Waals surface area contributed by atoms with Crippen molar-refractivity contribution < 1.29 is 4.42 Å². The molecule has 94 valence electrons. The lowest BCUT2D eigenvalue weighted by molar-refractivity contribution is 0.612. The molecule has 3 aromatic rings. The second-order valence-corrected chi connectivity index (χ2v) is 4.62. The van der Waals surface area contributed by atoms with E-state index < -0.39 is 0 Å². The molecule has 0 fully saturated rings. The van der Waals surface area contributed by atoms with Crippen LogP contribution in [0.5, 0.6) is 0 Å². The number of hydrogen-bond donors (Lipinski definition) is 0. The Hall–Kier alpha value is -2.28. The Balaban J connectivity index is 2.09. The van der Waals surface area contributed by atoms with Crippen LogP contribution < -0.4 is 0 Å². The van der Waals surface area contributed by atoms with Gasteiger partial charge in [0.05, 0.1) is 6.26 Å². The van der Waals surface area contributed by atoms with Crippen molar-refractivity contribution in [2.75, 3.05) is 0 Å². The fourth-order valence-corrected chi connectivity index (χ4v) is 2.43. The van der Waals surface area contributed by atoms with E-state index in [1.165, 1.54) is 21.7 Å². The summed E-state index contributed by atoms with van der Waals surface area (Å²) in [4.78, 5) is 0. The molecule has 0 spiro atoms. The van der Waals surface area contributed by atoms with E-state index in [1.807, 2.05) is 12.3 Å². The van der Waals surface area contributed by atoms with Crippen molar-refractivity contribution in [1.29, 1.82) is 0 Å². The summed E-state index contributed by atoms with van der Waals surface area (Å²) in [5, 5.41) is 3.76. The number of benzene rings is 2. The minimum atomic E-state index is 0.898. The number of allylic oxidation sites excluding steroid dienone is 3. The van der Waals surface area contributed by atoms with E-state index in [-0.39, 0.29) is 0 Å². The maximum atomic E-state index is 5.66. The fraction of sp³-hybridized carbons (Fsp3) is 0.111. The highest BCUT2D eigenvalue weighted by Crippen LogP contribution is 2.30. The molecule has 0 radical (unpaired) electrons. The summed E-state index contributed by atoms with van der Waals surface area (Å²) in [7, 11) is 0. The standard InChI is InChI=1S/C18H16O/c1-2-3-4-5-9-15-13-19-17-12-11-14-8-6-7-10-16(14)18(15)17/h2,4-8,10-13H,1,3,9H2/b5-4+. The van der Waals surface area contributed by atoms with E-state index in [1.54, 1.807) is 0 Å². The van der Waals surface area contributed by atoms with Crippen LogP contribution in [0.15, 0.2) is 71.9 Å². The van der Waals surface area contributed by atoms with Crippen LogP contribution in [-0.4, -0.2) is 0 Å². The number of hydrogen-bond acceptors (Lipinski definition) is 1. The Morgan fingerprint density at radius 3 is 2.84 bits per heavy atom. The SMILES string of the molecule is C=CC/C=C/Cc1coc2ccc3ccccc3c12. The lowest BCUT2D eigenvalue weighted by atomic mass is 10.0. The van der Waals surface area contributed by atoms with Gasteiger partial charge >= 0.3 is 0 Å². The van der Waals surface area contributed by atoms with E-state index in [0.29, 0.717) is 0 Å². The molecular formula is C18H16O. The summed E-state index contributed by atoms with van der Waals surface area (Å²) >= 11 is 0. The Bertz CT molecular complexity index is 747. The van der Waals surface area contributed by atoms with E-state index in [2.05, 4.69) is 55.1 Å². The number of fused-ring (bicyclic) bond motifs is 3. The van der Waals surface area contributed by atoms with Crippen molar-refractivity contribution in [3.8, 4) is 0 Å². The summed E-state index contributed by atoms with van der Waals surface area (Å²) in [6.45, 7) is 3.72. The summed E-state index contributed by atoms with van der Waals surface area (Å²) in [5.74, 6) is 0. The van der Waals surface area contributed by atoms with E-state index >= 15 is 0 Å². The zero-order valence-corrected chi connectivity index (χ0v) is 10.8. The molecule has 0 saturated carbocycles. The van der Waals surface area contributed by atoms with Crippen molar-refractivity contribution in [3.05, 3.63) is 73.0 Å². The Morgan fingerprint density at radius 2 is 1.95 bits per heavy atom. The second kappa shape index (κ2) is 5.15. The minimum Gasteiger partial charge on any atom is -0.464 e. The molecule has 0 amide bonds. The normalized spacial score (nSPS) is 11.6. The van der Waals surface area contributed by atoms with E-state index in [9.17, 15) is 0 Å². The van der Waals surface area contributed by atoms with Crippen molar-refractivity contribution in [1.82, 2.24) is 0 Å². The van der Waals surface area contributed by atoms with Gasteiger partial charge in [-0.15, -0.1) is 6.58 Å². The molecule has 0 aliphatic rings. The van der Waals surface area contributed by atoms with Crippen LogP contribution in [-0.2, 0) is 6.42 Å². The highest BCUT2D eigenvalue weighted by atomic mass is 16.3. The number of rotatable bonds is 4. The van der Waals surface area contributed by atoms with Gasteiger partial charge in [-0.1, -0.05) is 48.6 Å². The first-order valence-electron chi connectivity index (χ1n) is 6.54. The van der Waals surface area contributed by atoms with E-state index in [4.69, 9.17) is 4.42 Å². The summed E-state index contributed by atoms with van der Waals surface area (Å²) in [6.07, 6.45) is 9.89. The fourth-order valence-electron chi connectivity index (χ4n) is 2.43.